The Morgan fingerprint density at radius 1 is 1.50 bits per heavy atom. The van der Waals surface area contributed by atoms with Gasteiger partial charge in [0.15, 0.2) is 9.84 Å². The molecule has 0 aromatic carbocycles. The zero-order valence-corrected chi connectivity index (χ0v) is 9.30. The summed E-state index contributed by atoms with van der Waals surface area (Å²) < 4.78 is 21.7. The fourth-order valence-corrected chi connectivity index (χ4v) is 1.62. The number of carbonyl (C=O) groups is 1. The Labute approximate surface area is 85.2 Å². The van der Waals surface area contributed by atoms with Gasteiger partial charge in [0, 0.05) is 12.8 Å². The molecule has 0 aliphatic carbocycles. The Morgan fingerprint density at radius 2 is 2.07 bits per heavy atom. The number of rotatable bonds is 5. The van der Waals surface area contributed by atoms with E-state index < -0.39 is 21.5 Å². The molecule has 0 unspecified atom stereocenters. The first-order chi connectivity index (χ1) is 6.40. The van der Waals surface area contributed by atoms with Crippen LogP contribution in [0, 0.1) is 12.3 Å². The van der Waals surface area contributed by atoms with Gasteiger partial charge in [-0.15, -0.1) is 6.42 Å². The van der Waals surface area contributed by atoms with Gasteiger partial charge in [0.25, 0.3) is 0 Å². The van der Waals surface area contributed by atoms with Gasteiger partial charge in [-0.2, -0.15) is 0 Å². The summed E-state index contributed by atoms with van der Waals surface area (Å²) in [7, 11) is -3.26. The van der Waals surface area contributed by atoms with E-state index in [1.54, 1.807) is 0 Å². The second-order valence-electron chi connectivity index (χ2n) is 3.09. The zero-order valence-electron chi connectivity index (χ0n) is 8.49. The standard InChI is InChI=1S/C9H15NO3S/c1-4-6-10(7-5-2)9(11)8-14(3,12)13/h1H,5-8H2,2-3H3. The van der Waals surface area contributed by atoms with Crippen molar-refractivity contribution in [3.8, 4) is 12.3 Å². The summed E-state index contributed by atoms with van der Waals surface area (Å²) in [6.45, 7) is 2.57. The maximum atomic E-state index is 11.4. The fourth-order valence-electron chi connectivity index (χ4n) is 0.988. The number of nitrogens with zero attached hydrogens (tertiary/aromatic N) is 1. The quantitative estimate of drug-likeness (QED) is 0.604. The zero-order chi connectivity index (χ0) is 11.2. The Hall–Kier alpha value is -1.02. The predicted molar refractivity (Wildman–Crippen MR) is 55.4 cm³/mol. The van der Waals surface area contributed by atoms with Crippen LogP contribution < -0.4 is 0 Å². The number of carbonyl (C=O) groups excluding carboxylic acids is 1. The minimum atomic E-state index is -3.26. The lowest BCUT2D eigenvalue weighted by Crippen LogP contribution is -2.36. The highest BCUT2D eigenvalue weighted by Crippen LogP contribution is 1.95. The van der Waals surface area contributed by atoms with Crippen LogP contribution in [0.15, 0.2) is 0 Å². The van der Waals surface area contributed by atoms with E-state index >= 15 is 0 Å². The third-order valence-corrected chi connectivity index (χ3v) is 2.29. The van der Waals surface area contributed by atoms with Gasteiger partial charge >= 0.3 is 0 Å². The van der Waals surface area contributed by atoms with Gasteiger partial charge in [-0.1, -0.05) is 12.8 Å². The normalized spacial score (nSPS) is 10.6. The number of hydrogen-bond donors (Lipinski definition) is 0. The van der Waals surface area contributed by atoms with Crippen molar-refractivity contribution in [2.24, 2.45) is 0 Å². The largest absolute Gasteiger partial charge is 0.331 e. The van der Waals surface area contributed by atoms with Crippen LogP contribution in [-0.4, -0.2) is 44.3 Å². The van der Waals surface area contributed by atoms with Gasteiger partial charge in [0.2, 0.25) is 5.91 Å². The molecule has 0 rings (SSSR count). The molecule has 1 amide bonds. The minimum Gasteiger partial charge on any atom is -0.331 e. The molecule has 0 heterocycles. The first kappa shape index (κ1) is 13.0. The number of hydrogen-bond acceptors (Lipinski definition) is 3. The number of amides is 1. The highest BCUT2D eigenvalue weighted by atomic mass is 32.2. The molecule has 4 nitrogen and oxygen atoms in total. The van der Waals surface area contributed by atoms with Crippen molar-refractivity contribution >= 4 is 15.7 Å². The van der Waals surface area contributed by atoms with Crippen molar-refractivity contribution in [3.63, 3.8) is 0 Å². The van der Waals surface area contributed by atoms with Crippen molar-refractivity contribution in [3.05, 3.63) is 0 Å². The molecule has 0 aliphatic heterocycles. The van der Waals surface area contributed by atoms with Crippen molar-refractivity contribution < 1.29 is 13.2 Å². The first-order valence-corrected chi connectivity index (χ1v) is 6.35. The van der Waals surface area contributed by atoms with Crippen molar-refractivity contribution in [1.82, 2.24) is 4.90 Å². The van der Waals surface area contributed by atoms with Crippen LogP contribution >= 0.6 is 0 Å². The lowest BCUT2D eigenvalue weighted by molar-refractivity contribution is -0.127. The SMILES string of the molecule is C#CCN(CCC)C(=O)CS(C)(=O)=O. The molecular weight excluding hydrogens is 202 g/mol. The maximum absolute atomic E-state index is 11.4. The number of sulfone groups is 1. The van der Waals surface area contributed by atoms with Gasteiger partial charge in [-0.05, 0) is 6.42 Å². The van der Waals surface area contributed by atoms with Gasteiger partial charge in [0.05, 0.1) is 6.54 Å². The third-order valence-electron chi connectivity index (χ3n) is 1.51. The number of terminal acetylenes is 1. The Kier molecular flexibility index (Phi) is 5.24. The summed E-state index contributed by atoms with van der Waals surface area (Å²) in [6, 6.07) is 0. The fraction of sp³-hybridized carbons (Fsp3) is 0.667. The van der Waals surface area contributed by atoms with Gasteiger partial charge in [-0.3, -0.25) is 4.79 Å². The molecule has 0 saturated heterocycles. The molecule has 0 aliphatic rings. The van der Waals surface area contributed by atoms with Crippen LogP contribution in [0.3, 0.4) is 0 Å². The molecule has 14 heavy (non-hydrogen) atoms. The summed E-state index contributed by atoms with van der Waals surface area (Å²) in [5.74, 6) is 1.44. The van der Waals surface area contributed by atoms with E-state index in [2.05, 4.69) is 5.92 Å². The molecular formula is C9H15NO3S. The van der Waals surface area contributed by atoms with Crippen molar-refractivity contribution in [1.29, 1.82) is 0 Å². The second kappa shape index (κ2) is 5.66. The summed E-state index contributed by atoms with van der Waals surface area (Å²) in [6.07, 6.45) is 6.86. The average molecular weight is 217 g/mol. The van der Waals surface area contributed by atoms with Crippen LogP contribution in [0.5, 0.6) is 0 Å². The molecule has 0 spiro atoms. The highest BCUT2D eigenvalue weighted by Gasteiger charge is 2.16. The molecule has 0 bridgehead atoms. The molecule has 0 atom stereocenters. The molecule has 0 N–H and O–H groups in total. The lowest BCUT2D eigenvalue weighted by atomic mass is 10.4. The van der Waals surface area contributed by atoms with Crippen LogP contribution in [0.25, 0.3) is 0 Å². The molecule has 0 aromatic heterocycles. The van der Waals surface area contributed by atoms with Crippen LogP contribution in [0.1, 0.15) is 13.3 Å². The van der Waals surface area contributed by atoms with Crippen LogP contribution in [-0.2, 0) is 14.6 Å². The minimum absolute atomic E-state index is 0.169. The van der Waals surface area contributed by atoms with E-state index in [1.807, 2.05) is 6.92 Å². The first-order valence-electron chi connectivity index (χ1n) is 4.29. The van der Waals surface area contributed by atoms with Crippen molar-refractivity contribution in [2.45, 2.75) is 13.3 Å². The predicted octanol–water partition coefficient (Wildman–Crippen LogP) is -0.0972. The van der Waals surface area contributed by atoms with Crippen molar-refractivity contribution in [2.75, 3.05) is 25.1 Å². The second-order valence-corrected chi connectivity index (χ2v) is 5.23. The van der Waals surface area contributed by atoms with E-state index in [1.165, 1.54) is 4.90 Å². The van der Waals surface area contributed by atoms with Gasteiger partial charge in [0.1, 0.15) is 5.75 Å². The Morgan fingerprint density at radius 3 is 2.43 bits per heavy atom. The van der Waals surface area contributed by atoms with E-state index in [4.69, 9.17) is 6.42 Å². The average Bonchev–Trinajstić information content (AvgIpc) is 2.01. The van der Waals surface area contributed by atoms with Gasteiger partial charge in [-0.25, -0.2) is 8.42 Å². The summed E-state index contributed by atoms with van der Waals surface area (Å²) in [5, 5.41) is 0. The molecule has 0 aromatic rings. The Balaban J connectivity index is 4.38. The monoisotopic (exact) mass is 217 g/mol. The molecule has 0 radical (unpaired) electrons. The molecule has 5 heteroatoms. The smallest absolute Gasteiger partial charge is 0.238 e. The molecule has 0 saturated carbocycles. The molecule has 80 valence electrons. The van der Waals surface area contributed by atoms with E-state index in [9.17, 15) is 13.2 Å². The van der Waals surface area contributed by atoms with E-state index in [0.29, 0.717) is 6.54 Å². The van der Waals surface area contributed by atoms with Crippen LogP contribution in [0.2, 0.25) is 0 Å². The highest BCUT2D eigenvalue weighted by molar-refractivity contribution is 7.91. The summed E-state index contributed by atoms with van der Waals surface area (Å²) in [4.78, 5) is 12.8. The summed E-state index contributed by atoms with van der Waals surface area (Å²) in [5.41, 5.74) is 0. The Bertz CT molecular complexity index is 326. The molecule has 0 fully saturated rings. The van der Waals surface area contributed by atoms with E-state index in [0.717, 1.165) is 12.7 Å². The van der Waals surface area contributed by atoms with Gasteiger partial charge < -0.3 is 4.90 Å². The maximum Gasteiger partial charge on any atom is 0.238 e. The topological polar surface area (TPSA) is 54.5 Å². The summed E-state index contributed by atoms with van der Waals surface area (Å²) >= 11 is 0. The lowest BCUT2D eigenvalue weighted by Gasteiger charge is -2.18. The van der Waals surface area contributed by atoms with Crippen LogP contribution in [0.4, 0.5) is 0 Å². The van der Waals surface area contributed by atoms with E-state index in [-0.39, 0.29) is 6.54 Å². The third kappa shape index (κ3) is 5.60.